The first kappa shape index (κ1) is 13.6. The Balaban J connectivity index is 2.64. The van der Waals surface area contributed by atoms with Gasteiger partial charge in [0.15, 0.2) is 5.43 Å². The fourth-order valence-corrected chi connectivity index (χ4v) is 2.07. The topological polar surface area (TPSA) is 42.2 Å². The van der Waals surface area contributed by atoms with Crippen LogP contribution in [0.1, 0.15) is 30.7 Å². The van der Waals surface area contributed by atoms with Gasteiger partial charge in [0.2, 0.25) is 0 Å². The lowest BCUT2D eigenvalue weighted by Crippen LogP contribution is -2.27. The minimum absolute atomic E-state index is 0.131. The Kier molecular flexibility index (Phi) is 3.33. The molecule has 0 radical (unpaired) electrons. The Bertz CT molecular complexity index is 646. The van der Waals surface area contributed by atoms with Crippen molar-refractivity contribution in [3.8, 4) is 5.69 Å². The molecule has 1 aromatic heterocycles. The van der Waals surface area contributed by atoms with E-state index in [0.717, 1.165) is 11.4 Å². The number of aromatic nitrogens is 1. The minimum Gasteiger partial charge on any atom is -0.386 e. The van der Waals surface area contributed by atoms with Gasteiger partial charge in [-0.05, 0) is 39.8 Å². The Morgan fingerprint density at radius 1 is 1.11 bits per heavy atom. The van der Waals surface area contributed by atoms with Gasteiger partial charge in [-0.15, -0.1) is 0 Å². The van der Waals surface area contributed by atoms with Crippen LogP contribution in [0.5, 0.6) is 0 Å². The van der Waals surface area contributed by atoms with Crippen LogP contribution in [0.4, 0.5) is 0 Å². The zero-order chi connectivity index (χ0) is 14.2. The summed E-state index contributed by atoms with van der Waals surface area (Å²) in [5.74, 6) is 0. The molecule has 0 unspecified atom stereocenters. The molecule has 2 rings (SSSR count). The van der Waals surface area contributed by atoms with Crippen molar-refractivity contribution < 1.29 is 5.11 Å². The van der Waals surface area contributed by atoms with Gasteiger partial charge in [-0.3, -0.25) is 4.79 Å². The van der Waals surface area contributed by atoms with Gasteiger partial charge in [-0.25, -0.2) is 0 Å². The van der Waals surface area contributed by atoms with Crippen molar-refractivity contribution in [1.82, 2.24) is 4.57 Å². The van der Waals surface area contributed by atoms with Crippen LogP contribution in [0.3, 0.4) is 0 Å². The van der Waals surface area contributed by atoms with E-state index in [2.05, 4.69) is 0 Å². The second-order valence-electron chi connectivity index (χ2n) is 5.46. The molecule has 2 aromatic rings. The van der Waals surface area contributed by atoms with E-state index in [4.69, 9.17) is 0 Å². The van der Waals surface area contributed by atoms with E-state index < -0.39 is 5.60 Å². The van der Waals surface area contributed by atoms with E-state index >= 15 is 0 Å². The molecule has 100 valence electrons. The first-order valence-electron chi connectivity index (χ1n) is 6.32. The van der Waals surface area contributed by atoms with E-state index in [1.807, 2.05) is 42.7 Å². The molecule has 1 aromatic carbocycles. The molecule has 0 amide bonds. The summed E-state index contributed by atoms with van der Waals surface area (Å²) < 4.78 is 1.92. The molecule has 0 aliphatic rings. The highest BCUT2D eigenvalue weighted by Crippen LogP contribution is 2.19. The highest BCUT2D eigenvalue weighted by Gasteiger charge is 2.20. The SMILES string of the molecule is Cc1ccc(-n2cc(C(C)(C)O)c(=O)cc2C)cc1. The largest absolute Gasteiger partial charge is 0.386 e. The molecular formula is C16H19NO2. The Morgan fingerprint density at radius 2 is 1.68 bits per heavy atom. The molecule has 0 saturated heterocycles. The van der Waals surface area contributed by atoms with E-state index in [1.165, 1.54) is 5.56 Å². The third kappa shape index (κ3) is 2.76. The molecular weight excluding hydrogens is 238 g/mol. The summed E-state index contributed by atoms with van der Waals surface area (Å²) in [6, 6.07) is 9.61. The second-order valence-corrected chi connectivity index (χ2v) is 5.46. The Labute approximate surface area is 113 Å². The van der Waals surface area contributed by atoms with E-state index in [9.17, 15) is 9.90 Å². The zero-order valence-corrected chi connectivity index (χ0v) is 11.8. The number of pyridine rings is 1. The first-order valence-corrected chi connectivity index (χ1v) is 6.32. The van der Waals surface area contributed by atoms with Crippen molar-refractivity contribution in [2.24, 2.45) is 0 Å². The smallest absolute Gasteiger partial charge is 0.187 e. The summed E-state index contributed by atoms with van der Waals surface area (Å²) in [6.45, 7) is 7.16. The van der Waals surface area contributed by atoms with Crippen LogP contribution in [-0.4, -0.2) is 9.67 Å². The van der Waals surface area contributed by atoms with E-state index in [-0.39, 0.29) is 5.43 Å². The maximum atomic E-state index is 12.0. The van der Waals surface area contributed by atoms with Crippen molar-refractivity contribution in [2.75, 3.05) is 0 Å². The summed E-state index contributed by atoms with van der Waals surface area (Å²) in [5, 5.41) is 10.1. The van der Waals surface area contributed by atoms with Crippen LogP contribution in [0.25, 0.3) is 5.69 Å². The number of nitrogens with zero attached hydrogens (tertiary/aromatic N) is 1. The van der Waals surface area contributed by atoms with Gasteiger partial charge in [-0.2, -0.15) is 0 Å². The number of benzene rings is 1. The number of aliphatic hydroxyl groups is 1. The number of hydrogen-bond acceptors (Lipinski definition) is 2. The van der Waals surface area contributed by atoms with Crippen molar-refractivity contribution in [3.63, 3.8) is 0 Å². The lowest BCUT2D eigenvalue weighted by atomic mass is 9.99. The highest BCUT2D eigenvalue weighted by atomic mass is 16.3. The molecule has 0 aliphatic carbocycles. The van der Waals surface area contributed by atoms with Gasteiger partial charge in [0.1, 0.15) is 0 Å². The summed E-state index contributed by atoms with van der Waals surface area (Å²) in [5.41, 5.74) is 2.14. The Morgan fingerprint density at radius 3 is 2.21 bits per heavy atom. The molecule has 1 N–H and O–H groups in total. The zero-order valence-electron chi connectivity index (χ0n) is 11.8. The summed E-state index contributed by atoms with van der Waals surface area (Å²) in [6.07, 6.45) is 1.72. The number of aryl methyl sites for hydroxylation is 2. The molecule has 0 fully saturated rings. The van der Waals surface area contributed by atoms with Gasteiger partial charge < -0.3 is 9.67 Å². The standard InChI is InChI=1S/C16H19NO2/c1-11-5-7-13(8-6-11)17-10-14(16(3,4)19)15(18)9-12(17)2/h5-10,19H,1-4H3. The lowest BCUT2D eigenvalue weighted by molar-refractivity contribution is 0.0769. The third-order valence-electron chi connectivity index (χ3n) is 3.21. The molecule has 0 bridgehead atoms. The quantitative estimate of drug-likeness (QED) is 0.898. The minimum atomic E-state index is -1.14. The third-order valence-corrected chi connectivity index (χ3v) is 3.21. The van der Waals surface area contributed by atoms with Gasteiger partial charge in [0.05, 0.1) is 5.60 Å². The van der Waals surface area contributed by atoms with E-state index in [1.54, 1.807) is 26.1 Å². The average molecular weight is 257 g/mol. The molecule has 19 heavy (non-hydrogen) atoms. The maximum absolute atomic E-state index is 12.0. The van der Waals surface area contributed by atoms with Crippen LogP contribution < -0.4 is 5.43 Å². The van der Waals surface area contributed by atoms with Gasteiger partial charge in [-0.1, -0.05) is 17.7 Å². The first-order chi connectivity index (χ1) is 8.79. The van der Waals surface area contributed by atoms with Crippen LogP contribution in [0.2, 0.25) is 0 Å². The van der Waals surface area contributed by atoms with Gasteiger partial charge in [0.25, 0.3) is 0 Å². The second kappa shape index (κ2) is 4.67. The molecule has 0 atom stereocenters. The number of rotatable bonds is 2. The average Bonchev–Trinajstić information content (AvgIpc) is 2.29. The number of hydrogen-bond donors (Lipinski definition) is 1. The Hall–Kier alpha value is -1.87. The summed E-state index contributed by atoms with van der Waals surface area (Å²) >= 11 is 0. The maximum Gasteiger partial charge on any atom is 0.187 e. The van der Waals surface area contributed by atoms with Gasteiger partial charge >= 0.3 is 0 Å². The molecule has 0 aliphatic heterocycles. The molecule has 0 saturated carbocycles. The predicted octanol–water partition coefficient (Wildman–Crippen LogP) is 2.68. The fraction of sp³-hybridized carbons (Fsp3) is 0.312. The molecule has 0 spiro atoms. The monoisotopic (exact) mass is 257 g/mol. The highest BCUT2D eigenvalue weighted by molar-refractivity contribution is 5.38. The van der Waals surface area contributed by atoms with Crippen LogP contribution >= 0.6 is 0 Å². The van der Waals surface area contributed by atoms with Crippen molar-refractivity contribution in [3.05, 3.63) is 63.6 Å². The normalized spacial score (nSPS) is 11.6. The van der Waals surface area contributed by atoms with Crippen molar-refractivity contribution >= 4 is 0 Å². The summed E-state index contributed by atoms with van der Waals surface area (Å²) in [7, 11) is 0. The van der Waals surface area contributed by atoms with Gasteiger partial charge in [0, 0.05) is 29.2 Å². The van der Waals surface area contributed by atoms with Crippen LogP contribution in [-0.2, 0) is 5.60 Å². The lowest BCUT2D eigenvalue weighted by Gasteiger charge is -2.20. The molecule has 3 nitrogen and oxygen atoms in total. The molecule has 3 heteroatoms. The van der Waals surface area contributed by atoms with Crippen LogP contribution in [0.15, 0.2) is 41.3 Å². The predicted molar refractivity (Wildman–Crippen MR) is 76.8 cm³/mol. The molecule has 1 heterocycles. The van der Waals surface area contributed by atoms with Crippen LogP contribution in [0, 0.1) is 13.8 Å². The summed E-state index contributed by atoms with van der Waals surface area (Å²) in [4.78, 5) is 12.0. The van der Waals surface area contributed by atoms with Crippen molar-refractivity contribution in [2.45, 2.75) is 33.3 Å². The fourth-order valence-electron chi connectivity index (χ4n) is 2.07. The van der Waals surface area contributed by atoms with Crippen molar-refractivity contribution in [1.29, 1.82) is 0 Å². The van der Waals surface area contributed by atoms with E-state index in [0.29, 0.717) is 5.56 Å².